The summed E-state index contributed by atoms with van der Waals surface area (Å²) in [4.78, 5) is 22.4. The molecule has 0 bridgehead atoms. The number of carbonyl (C=O) groups excluding carboxylic acids is 1. The zero-order valence-corrected chi connectivity index (χ0v) is 12.0. The Kier molecular flexibility index (Phi) is 4.94. The van der Waals surface area contributed by atoms with Crippen LogP contribution in [0.1, 0.15) is 21.5 Å². The standard InChI is InChI=1S/C18H14O5/c19-15(14-7-9-16(20)17(21)11-14)8-5-12-1-3-13(4-2-12)6-10-18(22)23/h1-11,20-21H,(H,22,23)/b8-5+,10-6+. The molecule has 2 aromatic carbocycles. The molecule has 0 atom stereocenters. The van der Waals surface area contributed by atoms with Crippen LogP contribution in [0, 0.1) is 0 Å². The molecule has 0 spiro atoms. The molecule has 2 aromatic rings. The van der Waals surface area contributed by atoms with Gasteiger partial charge >= 0.3 is 5.97 Å². The van der Waals surface area contributed by atoms with Gasteiger partial charge in [0.1, 0.15) is 0 Å². The molecule has 116 valence electrons. The molecule has 0 aliphatic heterocycles. The predicted octanol–water partition coefficient (Wildman–Crippen LogP) is 3.09. The Morgan fingerprint density at radius 2 is 1.35 bits per heavy atom. The van der Waals surface area contributed by atoms with Gasteiger partial charge in [-0.15, -0.1) is 0 Å². The Morgan fingerprint density at radius 3 is 1.87 bits per heavy atom. The maximum Gasteiger partial charge on any atom is 0.328 e. The van der Waals surface area contributed by atoms with E-state index in [1.165, 1.54) is 30.4 Å². The molecule has 5 heteroatoms. The van der Waals surface area contributed by atoms with Crippen molar-refractivity contribution >= 4 is 23.9 Å². The van der Waals surface area contributed by atoms with Crippen molar-refractivity contribution in [3.8, 4) is 11.5 Å². The minimum absolute atomic E-state index is 0.262. The average molecular weight is 310 g/mol. The van der Waals surface area contributed by atoms with Crippen molar-refractivity contribution < 1.29 is 24.9 Å². The van der Waals surface area contributed by atoms with Gasteiger partial charge in [0, 0.05) is 11.6 Å². The van der Waals surface area contributed by atoms with E-state index >= 15 is 0 Å². The molecule has 5 nitrogen and oxygen atoms in total. The fourth-order valence-electron chi connectivity index (χ4n) is 1.83. The van der Waals surface area contributed by atoms with E-state index in [1.807, 2.05) is 0 Å². The van der Waals surface area contributed by atoms with Crippen LogP contribution < -0.4 is 0 Å². The molecule has 23 heavy (non-hydrogen) atoms. The first-order valence-electron chi connectivity index (χ1n) is 6.71. The number of rotatable bonds is 5. The van der Waals surface area contributed by atoms with Gasteiger partial charge in [0.15, 0.2) is 17.3 Å². The monoisotopic (exact) mass is 310 g/mol. The Morgan fingerprint density at radius 1 is 0.783 bits per heavy atom. The lowest BCUT2D eigenvalue weighted by Gasteiger charge is -2.00. The van der Waals surface area contributed by atoms with Crippen LogP contribution >= 0.6 is 0 Å². The Hall–Kier alpha value is -3.34. The third-order valence-corrected chi connectivity index (χ3v) is 3.04. The average Bonchev–Trinajstić information content (AvgIpc) is 2.54. The van der Waals surface area contributed by atoms with Gasteiger partial charge < -0.3 is 15.3 Å². The second kappa shape index (κ2) is 7.09. The molecule has 0 saturated carbocycles. The van der Waals surface area contributed by atoms with Crippen LogP contribution in [0.15, 0.2) is 54.6 Å². The topological polar surface area (TPSA) is 94.8 Å². The second-order valence-electron chi connectivity index (χ2n) is 4.74. The summed E-state index contributed by atoms with van der Waals surface area (Å²) in [7, 11) is 0. The zero-order valence-electron chi connectivity index (χ0n) is 12.0. The molecule has 2 rings (SSSR count). The quantitative estimate of drug-likeness (QED) is 0.448. The van der Waals surface area contributed by atoms with E-state index in [0.717, 1.165) is 17.2 Å². The maximum absolute atomic E-state index is 12.0. The summed E-state index contributed by atoms with van der Waals surface area (Å²) in [6, 6.07) is 10.8. The highest BCUT2D eigenvalue weighted by atomic mass is 16.4. The number of carboxylic acid groups (broad SMARTS) is 1. The highest BCUT2D eigenvalue weighted by Gasteiger charge is 2.05. The number of carbonyl (C=O) groups is 2. The van der Waals surface area contributed by atoms with Crippen LogP contribution in [0.2, 0.25) is 0 Å². The van der Waals surface area contributed by atoms with E-state index in [4.69, 9.17) is 5.11 Å². The Labute approximate surface area is 132 Å². The molecule has 0 unspecified atom stereocenters. The van der Waals surface area contributed by atoms with E-state index in [1.54, 1.807) is 30.3 Å². The normalized spacial score (nSPS) is 11.1. The molecular formula is C18H14O5. The van der Waals surface area contributed by atoms with Crippen LogP contribution in [0.3, 0.4) is 0 Å². The van der Waals surface area contributed by atoms with Crippen molar-refractivity contribution in [3.63, 3.8) is 0 Å². The van der Waals surface area contributed by atoms with Gasteiger partial charge in [-0.05, 0) is 41.5 Å². The molecular weight excluding hydrogens is 296 g/mol. The fourth-order valence-corrected chi connectivity index (χ4v) is 1.83. The largest absolute Gasteiger partial charge is 0.504 e. The van der Waals surface area contributed by atoms with Gasteiger partial charge in [-0.25, -0.2) is 4.79 Å². The molecule has 0 aliphatic rings. The third kappa shape index (κ3) is 4.57. The van der Waals surface area contributed by atoms with E-state index in [0.29, 0.717) is 0 Å². The van der Waals surface area contributed by atoms with Crippen molar-refractivity contribution in [3.05, 3.63) is 71.3 Å². The molecule has 0 fully saturated rings. The van der Waals surface area contributed by atoms with Crippen molar-refractivity contribution in [2.75, 3.05) is 0 Å². The minimum Gasteiger partial charge on any atom is -0.504 e. The lowest BCUT2D eigenvalue weighted by molar-refractivity contribution is -0.131. The van der Waals surface area contributed by atoms with Crippen molar-refractivity contribution in [1.29, 1.82) is 0 Å². The van der Waals surface area contributed by atoms with E-state index in [-0.39, 0.29) is 22.8 Å². The molecule has 0 heterocycles. The van der Waals surface area contributed by atoms with Crippen LogP contribution in [0.5, 0.6) is 11.5 Å². The number of carboxylic acids is 1. The summed E-state index contributed by atoms with van der Waals surface area (Å²) >= 11 is 0. The Bertz CT molecular complexity index is 786. The first-order chi connectivity index (χ1) is 11.0. The van der Waals surface area contributed by atoms with Gasteiger partial charge in [0.05, 0.1) is 0 Å². The maximum atomic E-state index is 12.0. The molecule has 0 saturated heterocycles. The zero-order chi connectivity index (χ0) is 16.8. The molecule has 0 amide bonds. The highest BCUT2D eigenvalue weighted by Crippen LogP contribution is 2.25. The summed E-state index contributed by atoms with van der Waals surface area (Å²) < 4.78 is 0. The highest BCUT2D eigenvalue weighted by molar-refractivity contribution is 6.07. The number of phenolic OH excluding ortho intramolecular Hbond substituents is 2. The number of aliphatic carboxylic acids is 1. The summed E-state index contributed by atoms with van der Waals surface area (Å²) in [5.74, 6) is -1.96. The van der Waals surface area contributed by atoms with Crippen LogP contribution in [-0.2, 0) is 4.79 Å². The van der Waals surface area contributed by atoms with Crippen molar-refractivity contribution in [1.82, 2.24) is 0 Å². The van der Waals surface area contributed by atoms with Crippen molar-refractivity contribution in [2.24, 2.45) is 0 Å². The van der Waals surface area contributed by atoms with Gasteiger partial charge in [-0.3, -0.25) is 4.79 Å². The first kappa shape index (κ1) is 16.0. The number of phenols is 2. The lowest BCUT2D eigenvalue weighted by atomic mass is 10.1. The van der Waals surface area contributed by atoms with Gasteiger partial charge in [0.2, 0.25) is 0 Å². The van der Waals surface area contributed by atoms with Crippen molar-refractivity contribution in [2.45, 2.75) is 0 Å². The first-order valence-corrected chi connectivity index (χ1v) is 6.71. The number of ketones is 1. The number of hydrogen-bond acceptors (Lipinski definition) is 4. The van der Waals surface area contributed by atoms with Crippen LogP contribution in [-0.4, -0.2) is 27.1 Å². The van der Waals surface area contributed by atoms with E-state index in [9.17, 15) is 19.8 Å². The number of aromatic hydroxyl groups is 2. The molecule has 0 aliphatic carbocycles. The van der Waals surface area contributed by atoms with Gasteiger partial charge in [-0.1, -0.05) is 30.3 Å². The lowest BCUT2D eigenvalue weighted by Crippen LogP contribution is -1.93. The van der Waals surface area contributed by atoms with Crippen LogP contribution in [0.25, 0.3) is 12.2 Å². The summed E-state index contributed by atoms with van der Waals surface area (Å²) in [6.07, 6.45) is 5.48. The molecule has 3 N–H and O–H groups in total. The number of benzene rings is 2. The molecule has 0 aromatic heterocycles. The smallest absolute Gasteiger partial charge is 0.328 e. The number of hydrogen-bond donors (Lipinski definition) is 3. The van der Waals surface area contributed by atoms with E-state index < -0.39 is 5.97 Å². The second-order valence-corrected chi connectivity index (χ2v) is 4.74. The summed E-state index contributed by atoms with van der Waals surface area (Å²) in [5.41, 5.74) is 1.77. The number of allylic oxidation sites excluding steroid dienone is 1. The summed E-state index contributed by atoms with van der Waals surface area (Å²) in [6.45, 7) is 0. The molecule has 0 radical (unpaired) electrons. The summed E-state index contributed by atoms with van der Waals surface area (Å²) in [5, 5.41) is 27.1. The predicted molar refractivity (Wildman–Crippen MR) is 86.2 cm³/mol. The fraction of sp³-hybridized carbons (Fsp3) is 0. The van der Waals surface area contributed by atoms with E-state index in [2.05, 4.69) is 0 Å². The Balaban J connectivity index is 2.08. The van der Waals surface area contributed by atoms with Gasteiger partial charge in [-0.2, -0.15) is 0 Å². The minimum atomic E-state index is -1.02. The van der Waals surface area contributed by atoms with Gasteiger partial charge in [0.25, 0.3) is 0 Å². The SMILES string of the molecule is O=C(O)/C=C/c1ccc(/C=C/C(=O)c2ccc(O)c(O)c2)cc1. The van der Waals surface area contributed by atoms with Crippen LogP contribution in [0.4, 0.5) is 0 Å². The third-order valence-electron chi connectivity index (χ3n) is 3.04.